The van der Waals surface area contributed by atoms with Crippen molar-refractivity contribution in [3.8, 4) is 28.6 Å². The smallest absolute Gasteiger partial charge is 0.197 e. The normalized spacial score (nSPS) is 25.7. The van der Waals surface area contributed by atoms with E-state index in [9.17, 15) is 35.4 Å². The van der Waals surface area contributed by atoms with Gasteiger partial charge in [0.25, 0.3) is 0 Å². The third-order valence-corrected chi connectivity index (χ3v) is 5.54. The van der Waals surface area contributed by atoms with Gasteiger partial charge in [0.2, 0.25) is 0 Å². The Morgan fingerprint density at radius 2 is 1.69 bits per heavy atom. The summed E-state index contributed by atoms with van der Waals surface area (Å²) in [4.78, 5) is 12.9. The molecule has 0 spiro atoms. The maximum atomic E-state index is 12.9. The number of hydrogen-bond acceptors (Lipinski definition) is 10. The number of ether oxygens (including phenoxy) is 2. The summed E-state index contributed by atoms with van der Waals surface area (Å²) in [6, 6.07) is 8.46. The molecule has 2 heterocycles. The summed E-state index contributed by atoms with van der Waals surface area (Å²) in [5, 5.41) is 60.3. The minimum atomic E-state index is -1.69. The van der Waals surface area contributed by atoms with Crippen LogP contribution in [0.1, 0.15) is 11.7 Å². The van der Waals surface area contributed by atoms with Crippen LogP contribution in [-0.2, 0) is 4.74 Å². The SMILES string of the molecule is COc1cc2oc(-c3ccc(O)cc3)cc(=O)c2c(O)c1[C@H]1O[C@H](CO)[C@@H](O)[C@H](O)[C@H]1O. The highest BCUT2D eigenvalue weighted by Crippen LogP contribution is 2.45. The molecule has 1 fully saturated rings. The highest BCUT2D eigenvalue weighted by Gasteiger charge is 2.46. The van der Waals surface area contributed by atoms with Crippen LogP contribution in [0.3, 0.4) is 0 Å². The minimum absolute atomic E-state index is 0.00895. The number of methoxy groups -OCH3 is 1. The van der Waals surface area contributed by atoms with Gasteiger partial charge < -0.3 is 44.5 Å². The molecule has 6 N–H and O–H groups in total. The maximum absolute atomic E-state index is 12.9. The van der Waals surface area contributed by atoms with Gasteiger partial charge in [0.1, 0.15) is 64.5 Å². The van der Waals surface area contributed by atoms with Crippen molar-refractivity contribution in [3.05, 3.63) is 52.2 Å². The molecule has 1 saturated heterocycles. The number of fused-ring (bicyclic) bond motifs is 1. The molecule has 5 atom stereocenters. The predicted octanol–water partition coefficient (Wildman–Crippen LogP) is 0.395. The Hall–Kier alpha value is -3.15. The van der Waals surface area contributed by atoms with Gasteiger partial charge >= 0.3 is 0 Å². The number of rotatable bonds is 4. The van der Waals surface area contributed by atoms with Crippen LogP contribution in [0.5, 0.6) is 17.2 Å². The fraction of sp³-hybridized carbons (Fsp3) is 0.318. The van der Waals surface area contributed by atoms with Crippen molar-refractivity contribution in [2.24, 2.45) is 0 Å². The number of aliphatic hydroxyl groups is 4. The van der Waals surface area contributed by atoms with E-state index in [0.717, 1.165) is 6.07 Å². The first-order valence-corrected chi connectivity index (χ1v) is 9.74. The second kappa shape index (κ2) is 8.41. The molecule has 0 aliphatic carbocycles. The van der Waals surface area contributed by atoms with Crippen LogP contribution in [0.15, 0.2) is 45.6 Å². The van der Waals surface area contributed by atoms with Gasteiger partial charge in [-0.3, -0.25) is 4.79 Å². The lowest BCUT2D eigenvalue weighted by Crippen LogP contribution is -2.55. The molecule has 0 radical (unpaired) electrons. The van der Waals surface area contributed by atoms with Crippen molar-refractivity contribution in [3.63, 3.8) is 0 Å². The molecule has 1 aliphatic heterocycles. The van der Waals surface area contributed by atoms with E-state index in [0.29, 0.717) is 5.56 Å². The van der Waals surface area contributed by atoms with Crippen molar-refractivity contribution in [1.29, 1.82) is 0 Å². The number of phenolic OH excluding ortho intramolecular Hbond substituents is 2. The zero-order chi connectivity index (χ0) is 23.2. The minimum Gasteiger partial charge on any atom is -0.508 e. The Morgan fingerprint density at radius 3 is 2.31 bits per heavy atom. The molecule has 32 heavy (non-hydrogen) atoms. The molecule has 170 valence electrons. The van der Waals surface area contributed by atoms with Gasteiger partial charge in [-0.2, -0.15) is 0 Å². The van der Waals surface area contributed by atoms with Crippen LogP contribution in [0.25, 0.3) is 22.3 Å². The zero-order valence-corrected chi connectivity index (χ0v) is 16.9. The highest BCUT2D eigenvalue weighted by molar-refractivity contribution is 5.88. The van der Waals surface area contributed by atoms with Gasteiger partial charge in [-0.15, -0.1) is 0 Å². The molecule has 0 saturated carbocycles. The lowest BCUT2D eigenvalue weighted by molar-refractivity contribution is -0.232. The van der Waals surface area contributed by atoms with Crippen molar-refractivity contribution in [2.75, 3.05) is 13.7 Å². The summed E-state index contributed by atoms with van der Waals surface area (Å²) in [6.07, 6.45) is -7.59. The van der Waals surface area contributed by atoms with E-state index in [-0.39, 0.29) is 33.8 Å². The molecule has 2 aromatic carbocycles. The third-order valence-electron chi connectivity index (χ3n) is 5.54. The molecular weight excluding hydrogens is 424 g/mol. The van der Waals surface area contributed by atoms with Crippen LogP contribution < -0.4 is 10.2 Å². The van der Waals surface area contributed by atoms with Gasteiger partial charge in [0.05, 0.1) is 19.3 Å². The van der Waals surface area contributed by atoms with E-state index in [1.807, 2.05) is 0 Å². The number of aromatic hydroxyl groups is 2. The van der Waals surface area contributed by atoms with E-state index in [4.69, 9.17) is 13.9 Å². The second-order valence-electron chi connectivity index (χ2n) is 7.49. The monoisotopic (exact) mass is 446 g/mol. The van der Waals surface area contributed by atoms with Crippen molar-refractivity contribution in [1.82, 2.24) is 0 Å². The molecule has 0 amide bonds. The molecule has 0 unspecified atom stereocenters. The first-order chi connectivity index (χ1) is 15.3. The van der Waals surface area contributed by atoms with Crippen molar-refractivity contribution >= 4 is 11.0 Å². The van der Waals surface area contributed by atoms with Gasteiger partial charge in [0.15, 0.2) is 5.43 Å². The van der Waals surface area contributed by atoms with E-state index >= 15 is 0 Å². The van der Waals surface area contributed by atoms with Gasteiger partial charge in [-0.25, -0.2) is 0 Å². The Morgan fingerprint density at radius 1 is 1.00 bits per heavy atom. The molecule has 10 nitrogen and oxygen atoms in total. The lowest BCUT2D eigenvalue weighted by atomic mass is 9.89. The number of phenols is 2. The molecule has 10 heteroatoms. The summed E-state index contributed by atoms with van der Waals surface area (Å²) < 4.78 is 16.6. The number of aliphatic hydroxyl groups excluding tert-OH is 4. The van der Waals surface area contributed by atoms with Crippen LogP contribution >= 0.6 is 0 Å². The first kappa shape index (κ1) is 22.1. The van der Waals surface area contributed by atoms with Gasteiger partial charge in [-0.05, 0) is 24.3 Å². The second-order valence-corrected chi connectivity index (χ2v) is 7.49. The topological polar surface area (TPSA) is 170 Å². The Bertz CT molecular complexity index is 1180. The Kier molecular flexibility index (Phi) is 5.80. The van der Waals surface area contributed by atoms with Crippen LogP contribution in [0.2, 0.25) is 0 Å². The zero-order valence-electron chi connectivity index (χ0n) is 16.9. The van der Waals surface area contributed by atoms with Gasteiger partial charge in [0, 0.05) is 17.7 Å². The molecule has 4 rings (SSSR count). The summed E-state index contributed by atoms with van der Waals surface area (Å²) in [6.45, 7) is -0.657. The Balaban J connectivity index is 1.89. The Labute approximate surface area is 181 Å². The fourth-order valence-electron chi connectivity index (χ4n) is 3.85. The van der Waals surface area contributed by atoms with E-state index < -0.39 is 48.3 Å². The van der Waals surface area contributed by atoms with E-state index in [1.165, 1.54) is 25.3 Å². The third kappa shape index (κ3) is 3.57. The summed E-state index contributed by atoms with van der Waals surface area (Å²) >= 11 is 0. The molecule has 1 aliphatic rings. The van der Waals surface area contributed by atoms with Crippen molar-refractivity contribution in [2.45, 2.75) is 30.5 Å². The quantitative estimate of drug-likeness (QED) is 0.330. The first-order valence-electron chi connectivity index (χ1n) is 9.74. The van der Waals surface area contributed by atoms with Crippen LogP contribution in [-0.4, -0.2) is 68.8 Å². The maximum Gasteiger partial charge on any atom is 0.197 e. The van der Waals surface area contributed by atoms with Crippen molar-refractivity contribution < 1.29 is 44.5 Å². The molecule has 1 aromatic heterocycles. The molecule has 3 aromatic rings. The van der Waals surface area contributed by atoms with Gasteiger partial charge in [-0.1, -0.05) is 0 Å². The predicted molar refractivity (Wildman–Crippen MR) is 111 cm³/mol. The molecule has 0 bridgehead atoms. The van der Waals surface area contributed by atoms with E-state index in [1.54, 1.807) is 12.1 Å². The average Bonchev–Trinajstić information content (AvgIpc) is 2.78. The molecular formula is C22H22O10. The lowest BCUT2D eigenvalue weighted by Gasteiger charge is -2.40. The number of benzene rings is 2. The largest absolute Gasteiger partial charge is 0.508 e. The summed E-state index contributed by atoms with van der Waals surface area (Å²) in [5.41, 5.74) is -0.233. The highest BCUT2D eigenvalue weighted by atomic mass is 16.5. The fourth-order valence-corrected chi connectivity index (χ4v) is 3.85. The summed E-state index contributed by atoms with van der Waals surface area (Å²) in [7, 11) is 1.29. The van der Waals surface area contributed by atoms with E-state index in [2.05, 4.69) is 0 Å². The summed E-state index contributed by atoms with van der Waals surface area (Å²) in [5.74, 6) is -0.370. The standard InChI is InChI=1S/C22H22O10/c1-30-13-7-14-16(11(25)6-12(31-14)9-2-4-10(24)5-3-9)19(27)17(13)22-21(29)20(28)18(26)15(8-23)32-22/h2-7,15,18,20-24,26-29H,8H2,1H3/t15-,18-,20+,21-,22-/m1/s1. The average molecular weight is 446 g/mol. The van der Waals surface area contributed by atoms with Crippen LogP contribution in [0.4, 0.5) is 0 Å². The number of hydrogen-bond donors (Lipinski definition) is 6. The van der Waals surface area contributed by atoms with Crippen LogP contribution in [0, 0.1) is 0 Å².